The lowest BCUT2D eigenvalue weighted by molar-refractivity contribution is -0.642. The molecule has 0 radical (unpaired) electrons. The predicted molar refractivity (Wildman–Crippen MR) is 171 cm³/mol. The number of rotatable bonds is 9. The summed E-state index contributed by atoms with van der Waals surface area (Å²) < 4.78 is 52.7. The Balaban J connectivity index is 1.47. The second-order valence-corrected chi connectivity index (χ2v) is 16.3. The summed E-state index contributed by atoms with van der Waals surface area (Å²) in [6.07, 6.45) is 10.7. The Kier molecular flexibility index (Phi) is 9.49. The molecule has 3 aromatic rings. The molecule has 5 rings (SSSR count). The lowest BCUT2D eigenvalue weighted by atomic mass is 9.87. The van der Waals surface area contributed by atoms with Crippen molar-refractivity contribution in [2.45, 2.75) is 40.9 Å². The third-order valence-corrected chi connectivity index (χ3v) is 11.6. The fourth-order valence-corrected chi connectivity index (χ4v) is 8.93. The number of aromatic nitrogens is 1. The molecule has 2 aromatic carbocycles. The van der Waals surface area contributed by atoms with E-state index in [9.17, 15) is 17.2 Å². The first kappa shape index (κ1) is 30.5. The first-order chi connectivity index (χ1) is 19.5. The Labute approximate surface area is 256 Å². The summed E-state index contributed by atoms with van der Waals surface area (Å²) in [4.78, 5) is 5.05. The number of aryl methyl sites for hydroxylation is 1. The zero-order chi connectivity index (χ0) is 29.3. The molecule has 1 aromatic heterocycles. The van der Waals surface area contributed by atoms with Gasteiger partial charge in [-0.3, -0.25) is 8.76 Å². The van der Waals surface area contributed by atoms with Crippen LogP contribution in [0.5, 0.6) is 0 Å². The molecule has 1 N–H and O–H groups in total. The maximum Gasteiger partial charge on any atom is 0.264 e. The minimum absolute atomic E-state index is 0.280. The van der Waals surface area contributed by atoms with Crippen LogP contribution in [0, 0.1) is 5.92 Å². The monoisotopic (exact) mass is 649 g/mol. The van der Waals surface area contributed by atoms with Crippen LogP contribution in [0.1, 0.15) is 31.2 Å². The van der Waals surface area contributed by atoms with Gasteiger partial charge in [-0.2, -0.15) is 13.0 Å². The van der Waals surface area contributed by atoms with Crippen LogP contribution >= 0.6 is 35.1 Å². The van der Waals surface area contributed by atoms with Crippen molar-refractivity contribution in [2.75, 3.05) is 30.6 Å². The summed E-state index contributed by atoms with van der Waals surface area (Å²) in [6.45, 7) is 2.74. The van der Waals surface area contributed by atoms with E-state index >= 15 is 0 Å². The van der Waals surface area contributed by atoms with Crippen LogP contribution in [0.25, 0.3) is 16.3 Å². The molecule has 12 heteroatoms. The minimum Gasteiger partial charge on any atom is -0.335 e. The highest BCUT2D eigenvalue weighted by Gasteiger charge is 2.27. The van der Waals surface area contributed by atoms with E-state index in [2.05, 4.69) is 59.9 Å². The summed E-state index contributed by atoms with van der Waals surface area (Å²) in [5, 5.41) is 2.19. The highest BCUT2D eigenvalue weighted by atomic mass is 32.2. The van der Waals surface area contributed by atoms with Gasteiger partial charge in [0.2, 0.25) is 5.52 Å². The van der Waals surface area contributed by atoms with Crippen molar-refractivity contribution >= 4 is 78.0 Å². The van der Waals surface area contributed by atoms with E-state index in [1.807, 2.05) is 18.2 Å². The van der Waals surface area contributed by atoms with Crippen LogP contribution in [0.3, 0.4) is 0 Å². The van der Waals surface area contributed by atoms with Crippen molar-refractivity contribution < 1.29 is 25.9 Å². The minimum atomic E-state index is -4.03. The molecular weight excluding hydrogens is 617 g/mol. The lowest BCUT2D eigenvalue weighted by Gasteiger charge is -2.23. The van der Waals surface area contributed by atoms with Crippen molar-refractivity contribution in [3.8, 4) is 0 Å². The van der Waals surface area contributed by atoms with Gasteiger partial charge in [-0.05, 0) is 72.7 Å². The molecule has 0 fully saturated rings. The normalized spacial score (nSPS) is 20.2. The molecule has 218 valence electrons. The Hall–Kier alpha value is -1.93. The van der Waals surface area contributed by atoms with Gasteiger partial charge in [-0.1, -0.05) is 36.1 Å². The topological polar surface area (TPSA) is 87.8 Å². The molecule has 7 nitrogen and oxygen atoms in total. The van der Waals surface area contributed by atoms with Gasteiger partial charge in [0.15, 0.2) is 0 Å². The fraction of sp³-hybridized carbons (Fsp3) is 0.345. The highest BCUT2D eigenvalue weighted by molar-refractivity contribution is 8.03. The summed E-state index contributed by atoms with van der Waals surface area (Å²) in [7, 11) is -1.37. The van der Waals surface area contributed by atoms with Gasteiger partial charge < -0.3 is 9.08 Å². The molecule has 2 aliphatic rings. The van der Waals surface area contributed by atoms with Gasteiger partial charge in [0.1, 0.15) is 11.7 Å². The number of benzene rings is 2. The third kappa shape index (κ3) is 7.35. The standard InChI is InChI=1S/C29H32N2O5S5/c1-19-12-20(15-28-30(2)24-18-23(40(4)32)7-9-26(24)37-28)14-21(13-19)16-29-31(10-5-11-41(33,34)35)25-17-22(39-36-3)6-8-27(25)38-29/h6-9,14-19H,5,10-13H2,1-4H3/p+1. The average Bonchev–Trinajstić information content (AvgIpc) is 3.39. The van der Waals surface area contributed by atoms with Crippen molar-refractivity contribution in [3.05, 3.63) is 69.7 Å². The summed E-state index contributed by atoms with van der Waals surface area (Å²) in [5.74, 6) is 0.191. The fourth-order valence-electron chi connectivity index (χ4n) is 5.17. The molecule has 41 heavy (non-hydrogen) atoms. The van der Waals surface area contributed by atoms with E-state index in [0.717, 1.165) is 53.5 Å². The van der Waals surface area contributed by atoms with Gasteiger partial charge in [-0.25, -0.2) is 0 Å². The van der Waals surface area contributed by atoms with Gasteiger partial charge in [0, 0.05) is 51.7 Å². The van der Waals surface area contributed by atoms with Crippen LogP contribution in [0.4, 0.5) is 5.69 Å². The number of hydrogen-bond donors (Lipinski definition) is 1. The Morgan fingerprint density at radius 2 is 2.02 bits per heavy atom. The Bertz CT molecular complexity index is 1710. The number of fused-ring (bicyclic) bond motifs is 2. The van der Waals surface area contributed by atoms with E-state index in [1.54, 1.807) is 36.5 Å². The van der Waals surface area contributed by atoms with E-state index < -0.39 is 20.9 Å². The van der Waals surface area contributed by atoms with Crippen molar-refractivity contribution in [2.24, 2.45) is 13.0 Å². The number of hydrogen-bond acceptors (Lipinski definition) is 8. The number of anilines is 1. The number of thiazole rings is 1. The largest absolute Gasteiger partial charge is 0.335 e. The van der Waals surface area contributed by atoms with Crippen molar-refractivity contribution in [1.82, 2.24) is 0 Å². The average molecular weight is 650 g/mol. The zero-order valence-corrected chi connectivity index (χ0v) is 27.4. The zero-order valence-electron chi connectivity index (χ0n) is 23.3. The van der Waals surface area contributed by atoms with Crippen molar-refractivity contribution in [3.63, 3.8) is 0 Å². The van der Waals surface area contributed by atoms with Gasteiger partial charge >= 0.3 is 0 Å². The smallest absolute Gasteiger partial charge is 0.264 e. The van der Waals surface area contributed by atoms with Gasteiger partial charge in [0.05, 0.1) is 34.4 Å². The van der Waals surface area contributed by atoms with Crippen LogP contribution in [-0.2, 0) is 32.1 Å². The molecule has 2 atom stereocenters. The molecule has 0 saturated heterocycles. The maximum absolute atomic E-state index is 12.0. The SMILES string of the molecule is COSc1ccc2c(c1)N(CCCS(=O)(=O)O)/C(=C/C1=CC(=C/c3sc4ccc(S(C)=O)cc4[n+]3C)/CC(C)C1)S2. The van der Waals surface area contributed by atoms with Gasteiger partial charge in [0.25, 0.3) is 15.1 Å². The number of allylic oxidation sites excluding steroid dienone is 4. The van der Waals surface area contributed by atoms with E-state index in [0.29, 0.717) is 18.9 Å². The molecule has 2 heterocycles. The van der Waals surface area contributed by atoms with Crippen LogP contribution in [0.15, 0.2) is 79.4 Å². The molecule has 0 saturated carbocycles. The molecule has 1 aliphatic carbocycles. The number of nitrogens with zero attached hydrogens (tertiary/aromatic N) is 2. The third-order valence-electron chi connectivity index (χ3n) is 6.99. The van der Waals surface area contributed by atoms with Crippen LogP contribution < -0.4 is 9.47 Å². The molecule has 1 aliphatic heterocycles. The molecule has 0 amide bonds. The quantitative estimate of drug-likeness (QED) is 0.158. The molecule has 0 bridgehead atoms. The first-order valence-electron chi connectivity index (χ1n) is 13.1. The number of thioether (sulfide) groups is 1. The molecular formula is C29H33N2O5S5+. The van der Waals surface area contributed by atoms with Crippen LogP contribution in [0.2, 0.25) is 0 Å². The highest BCUT2D eigenvalue weighted by Crippen LogP contribution is 2.48. The van der Waals surface area contributed by atoms with Crippen molar-refractivity contribution in [1.29, 1.82) is 0 Å². The second-order valence-electron chi connectivity index (χ2n) is 10.3. The van der Waals surface area contributed by atoms with E-state index in [1.165, 1.54) is 23.2 Å². The first-order valence-corrected chi connectivity index (χ1v) is 18.7. The van der Waals surface area contributed by atoms with Gasteiger partial charge in [-0.15, -0.1) is 0 Å². The Morgan fingerprint density at radius 3 is 2.76 bits per heavy atom. The van der Waals surface area contributed by atoms with E-state index in [4.69, 9.17) is 4.18 Å². The van der Waals surface area contributed by atoms with E-state index in [-0.39, 0.29) is 5.75 Å². The lowest BCUT2D eigenvalue weighted by Crippen LogP contribution is -2.29. The van der Waals surface area contributed by atoms with Crippen LogP contribution in [-0.4, -0.2) is 42.8 Å². The summed E-state index contributed by atoms with van der Waals surface area (Å²) in [5.41, 5.74) is 4.58. The summed E-state index contributed by atoms with van der Waals surface area (Å²) in [6, 6.07) is 12.2. The second kappa shape index (κ2) is 12.7. The molecule has 0 spiro atoms. The maximum atomic E-state index is 12.0. The molecule has 2 unspecified atom stereocenters. The predicted octanol–water partition coefficient (Wildman–Crippen LogP) is 6.59. The summed E-state index contributed by atoms with van der Waals surface area (Å²) >= 11 is 4.69. The Morgan fingerprint density at radius 1 is 1.22 bits per heavy atom.